The van der Waals surface area contributed by atoms with Gasteiger partial charge >= 0.3 is 0 Å². The van der Waals surface area contributed by atoms with Crippen LogP contribution in [0.5, 0.6) is 5.75 Å². The summed E-state index contributed by atoms with van der Waals surface area (Å²) in [5.41, 5.74) is 0.628. The van der Waals surface area contributed by atoms with Crippen molar-refractivity contribution >= 4 is 35.2 Å². The van der Waals surface area contributed by atoms with Crippen molar-refractivity contribution in [3.8, 4) is 5.75 Å². The zero-order chi connectivity index (χ0) is 15.2. The molecule has 1 aromatic heterocycles. The largest absolute Gasteiger partial charge is 0.495 e. The van der Waals surface area contributed by atoms with Crippen LogP contribution in [-0.4, -0.2) is 13.0 Å². The van der Waals surface area contributed by atoms with E-state index in [9.17, 15) is 4.79 Å². The number of halogens is 2. The van der Waals surface area contributed by atoms with Gasteiger partial charge in [0.1, 0.15) is 11.5 Å². The van der Waals surface area contributed by atoms with E-state index in [2.05, 4.69) is 5.32 Å². The Morgan fingerprint density at radius 1 is 1.43 bits per heavy atom. The van der Waals surface area contributed by atoms with Crippen LogP contribution in [0.2, 0.25) is 10.0 Å². The van der Waals surface area contributed by atoms with E-state index < -0.39 is 0 Å². The summed E-state index contributed by atoms with van der Waals surface area (Å²) in [6.07, 6.45) is 4.53. The summed E-state index contributed by atoms with van der Waals surface area (Å²) in [6, 6.07) is 6.79. The van der Waals surface area contributed by atoms with Crippen LogP contribution in [0.4, 0.5) is 0 Å². The van der Waals surface area contributed by atoms with Gasteiger partial charge in [-0.05, 0) is 30.3 Å². The molecule has 0 bridgehead atoms. The topological polar surface area (TPSA) is 51.5 Å². The van der Waals surface area contributed by atoms with Gasteiger partial charge < -0.3 is 14.5 Å². The number of hydrogen-bond donors (Lipinski definition) is 1. The highest BCUT2D eigenvalue weighted by Gasteiger charge is 2.08. The molecule has 0 aliphatic carbocycles. The Labute approximate surface area is 132 Å². The molecular weight excluding hydrogens is 313 g/mol. The summed E-state index contributed by atoms with van der Waals surface area (Å²) in [4.78, 5) is 11.7. The van der Waals surface area contributed by atoms with Crippen molar-refractivity contribution in [3.63, 3.8) is 0 Å². The number of nitrogens with one attached hydrogen (secondary N) is 1. The lowest BCUT2D eigenvalue weighted by molar-refractivity contribution is -0.116. The Balaban J connectivity index is 2.04. The minimum atomic E-state index is -0.260. The molecule has 0 atom stereocenters. The molecule has 0 spiro atoms. The molecule has 110 valence electrons. The molecule has 0 radical (unpaired) electrons. The molecule has 1 heterocycles. The molecule has 0 aliphatic heterocycles. The summed E-state index contributed by atoms with van der Waals surface area (Å²) in [5, 5.41) is 3.55. The Kier molecular flexibility index (Phi) is 5.31. The first-order valence-electron chi connectivity index (χ1n) is 6.11. The normalized spacial score (nSPS) is 10.8. The maximum absolute atomic E-state index is 11.7. The second-order valence-corrected chi connectivity index (χ2v) is 4.98. The average molecular weight is 326 g/mol. The van der Waals surface area contributed by atoms with Gasteiger partial charge in [-0.2, -0.15) is 0 Å². The fourth-order valence-corrected chi connectivity index (χ4v) is 2.32. The number of furan rings is 1. The maximum Gasteiger partial charge on any atom is 0.244 e. The van der Waals surface area contributed by atoms with Gasteiger partial charge in [-0.15, -0.1) is 0 Å². The van der Waals surface area contributed by atoms with Crippen molar-refractivity contribution in [2.45, 2.75) is 6.54 Å². The van der Waals surface area contributed by atoms with Crippen LogP contribution in [0, 0.1) is 0 Å². The van der Waals surface area contributed by atoms with Gasteiger partial charge in [0.15, 0.2) is 0 Å². The third-order valence-electron chi connectivity index (χ3n) is 2.67. The molecule has 0 saturated heterocycles. The molecule has 4 nitrogen and oxygen atoms in total. The van der Waals surface area contributed by atoms with Gasteiger partial charge in [-0.3, -0.25) is 4.79 Å². The second-order valence-electron chi connectivity index (χ2n) is 4.14. The SMILES string of the molecule is COc1c(Cl)cc(Cl)cc1/C=C/C(=O)NCc1ccco1. The van der Waals surface area contributed by atoms with Gasteiger partial charge in [0.2, 0.25) is 5.91 Å². The highest BCUT2D eigenvalue weighted by atomic mass is 35.5. The number of methoxy groups -OCH3 is 1. The minimum absolute atomic E-state index is 0.260. The van der Waals surface area contributed by atoms with Gasteiger partial charge in [0, 0.05) is 16.7 Å². The summed E-state index contributed by atoms with van der Waals surface area (Å²) < 4.78 is 10.3. The number of rotatable bonds is 5. The van der Waals surface area contributed by atoms with E-state index in [1.807, 2.05) is 0 Å². The van der Waals surface area contributed by atoms with Crippen LogP contribution in [0.25, 0.3) is 6.08 Å². The highest BCUT2D eigenvalue weighted by molar-refractivity contribution is 6.35. The third kappa shape index (κ3) is 4.28. The molecule has 0 aliphatic rings. The Hall–Kier alpha value is -1.91. The molecule has 2 rings (SSSR count). The van der Waals surface area contributed by atoms with E-state index in [4.69, 9.17) is 32.4 Å². The predicted octanol–water partition coefficient (Wildman–Crippen LogP) is 3.92. The Morgan fingerprint density at radius 2 is 2.24 bits per heavy atom. The van der Waals surface area contributed by atoms with Crippen LogP contribution in [0.1, 0.15) is 11.3 Å². The van der Waals surface area contributed by atoms with Crippen molar-refractivity contribution in [2.75, 3.05) is 7.11 Å². The smallest absolute Gasteiger partial charge is 0.244 e. The Bertz CT molecular complexity index is 651. The molecule has 1 aromatic carbocycles. The fourth-order valence-electron chi connectivity index (χ4n) is 1.73. The molecular formula is C15H13Cl2NO3. The predicted molar refractivity (Wildman–Crippen MR) is 82.6 cm³/mol. The van der Waals surface area contributed by atoms with E-state index in [-0.39, 0.29) is 5.91 Å². The van der Waals surface area contributed by atoms with Gasteiger partial charge in [-0.25, -0.2) is 0 Å². The monoisotopic (exact) mass is 325 g/mol. The zero-order valence-electron chi connectivity index (χ0n) is 11.2. The molecule has 1 N–H and O–H groups in total. The highest BCUT2D eigenvalue weighted by Crippen LogP contribution is 2.32. The Morgan fingerprint density at radius 3 is 2.90 bits per heavy atom. The van der Waals surface area contributed by atoms with Crippen LogP contribution in [0.15, 0.2) is 41.0 Å². The number of carbonyl (C=O) groups excluding carboxylic acids is 1. The van der Waals surface area contributed by atoms with Gasteiger partial charge in [0.05, 0.1) is 24.9 Å². The molecule has 21 heavy (non-hydrogen) atoms. The second kappa shape index (κ2) is 7.20. The van der Waals surface area contributed by atoms with E-state index >= 15 is 0 Å². The van der Waals surface area contributed by atoms with Crippen molar-refractivity contribution in [2.24, 2.45) is 0 Å². The van der Waals surface area contributed by atoms with Crippen LogP contribution in [0.3, 0.4) is 0 Å². The quantitative estimate of drug-likeness (QED) is 0.847. The van der Waals surface area contributed by atoms with Gasteiger partial charge in [-0.1, -0.05) is 23.2 Å². The summed E-state index contributed by atoms with van der Waals surface area (Å²) in [5.74, 6) is 0.890. The lowest BCUT2D eigenvalue weighted by Crippen LogP contribution is -2.19. The first kappa shape index (κ1) is 15.5. The van der Waals surface area contributed by atoms with Crippen molar-refractivity contribution in [3.05, 3.63) is 58.0 Å². The minimum Gasteiger partial charge on any atom is -0.495 e. The summed E-state index contributed by atoms with van der Waals surface area (Å²) >= 11 is 12.0. The molecule has 1 amide bonds. The van der Waals surface area contributed by atoms with Crippen molar-refractivity contribution in [1.82, 2.24) is 5.32 Å². The van der Waals surface area contributed by atoms with Crippen molar-refractivity contribution in [1.29, 1.82) is 0 Å². The molecule has 2 aromatic rings. The molecule has 6 heteroatoms. The molecule has 0 fully saturated rings. The van der Waals surface area contributed by atoms with Crippen LogP contribution in [-0.2, 0) is 11.3 Å². The number of carbonyl (C=O) groups is 1. The van der Waals surface area contributed by atoms with Gasteiger partial charge in [0.25, 0.3) is 0 Å². The number of benzene rings is 1. The van der Waals surface area contributed by atoms with E-state index in [0.717, 1.165) is 0 Å². The van der Waals surface area contributed by atoms with Crippen LogP contribution >= 0.6 is 23.2 Å². The first-order valence-corrected chi connectivity index (χ1v) is 6.87. The third-order valence-corrected chi connectivity index (χ3v) is 3.17. The number of ether oxygens (including phenoxy) is 1. The standard InChI is InChI=1S/C15H13Cl2NO3/c1-20-15-10(7-11(16)8-13(15)17)4-5-14(19)18-9-12-3-2-6-21-12/h2-8H,9H2,1H3,(H,18,19)/b5-4+. The zero-order valence-corrected chi connectivity index (χ0v) is 12.7. The lowest BCUT2D eigenvalue weighted by atomic mass is 10.2. The molecule has 0 saturated carbocycles. The van der Waals surface area contributed by atoms with E-state index in [1.54, 1.807) is 36.6 Å². The maximum atomic E-state index is 11.7. The lowest BCUT2D eigenvalue weighted by Gasteiger charge is -2.07. The summed E-state index contributed by atoms with van der Waals surface area (Å²) in [6.45, 7) is 0.323. The van der Waals surface area contributed by atoms with Crippen LogP contribution < -0.4 is 10.1 Å². The average Bonchev–Trinajstić information content (AvgIpc) is 2.95. The number of hydrogen-bond acceptors (Lipinski definition) is 3. The fraction of sp³-hybridized carbons (Fsp3) is 0.133. The summed E-state index contributed by atoms with van der Waals surface area (Å²) in [7, 11) is 1.50. The van der Waals surface area contributed by atoms with E-state index in [1.165, 1.54) is 13.2 Å². The van der Waals surface area contributed by atoms with Crippen molar-refractivity contribution < 1.29 is 13.9 Å². The van der Waals surface area contributed by atoms with E-state index in [0.29, 0.717) is 33.7 Å². The first-order chi connectivity index (χ1) is 10.1. The molecule has 0 unspecified atom stereocenters. The number of amides is 1.